The van der Waals surface area contributed by atoms with Gasteiger partial charge in [-0.05, 0) is 61.4 Å². The number of aromatic nitrogens is 1. The molecule has 5 aliphatic rings. The van der Waals surface area contributed by atoms with Crippen LogP contribution < -0.4 is 10.3 Å². The Morgan fingerprint density at radius 3 is 2.79 bits per heavy atom. The molecule has 2 fully saturated rings. The fourth-order valence-corrected chi connectivity index (χ4v) is 7.81. The number of hydrogen-bond donors (Lipinski definition) is 3. The molecule has 1 aromatic heterocycles. The maximum atomic E-state index is 13.6. The summed E-state index contributed by atoms with van der Waals surface area (Å²) < 4.78 is 7.17. The van der Waals surface area contributed by atoms with E-state index in [4.69, 9.17) is 4.74 Å². The zero-order valence-corrected chi connectivity index (χ0v) is 18.7. The predicted molar refractivity (Wildman–Crippen MR) is 124 cm³/mol. The lowest BCUT2D eigenvalue weighted by atomic mass is 9.48. The van der Waals surface area contributed by atoms with Crippen molar-refractivity contribution in [1.82, 2.24) is 9.63 Å². The second-order valence-corrected chi connectivity index (χ2v) is 11.0. The summed E-state index contributed by atoms with van der Waals surface area (Å²) in [6.45, 7) is 1.80. The number of piperidine rings is 1. The molecule has 8 rings (SSSR count). The third kappa shape index (κ3) is 2.02. The number of para-hydroxylation sites is 1. The highest BCUT2D eigenvalue weighted by Crippen LogP contribution is 2.68. The Morgan fingerprint density at radius 2 is 1.97 bits per heavy atom. The third-order valence-corrected chi connectivity index (χ3v) is 9.43. The molecule has 0 radical (unpaired) electrons. The van der Waals surface area contributed by atoms with Crippen molar-refractivity contribution in [3.05, 3.63) is 69.0 Å². The highest BCUT2D eigenvalue weighted by Gasteiger charge is 2.73. The van der Waals surface area contributed by atoms with E-state index in [0.717, 1.165) is 35.2 Å². The molecule has 174 valence electrons. The van der Waals surface area contributed by atoms with E-state index >= 15 is 0 Å². The van der Waals surface area contributed by atoms with E-state index < -0.39 is 22.7 Å². The van der Waals surface area contributed by atoms with Crippen LogP contribution in [0, 0.1) is 5.92 Å². The summed E-state index contributed by atoms with van der Waals surface area (Å²) in [4.78, 5) is 16.0. The number of aromatic hydroxyl groups is 1. The smallest absolute Gasteiger partial charge is 0.290 e. The number of likely N-dealkylation sites (tertiary alicyclic amines) is 1. The van der Waals surface area contributed by atoms with Crippen LogP contribution in [0.3, 0.4) is 0 Å². The molecule has 0 amide bonds. The van der Waals surface area contributed by atoms with Crippen LogP contribution in [0.2, 0.25) is 0 Å². The number of pyridine rings is 1. The van der Waals surface area contributed by atoms with Crippen LogP contribution in [-0.2, 0) is 18.3 Å². The summed E-state index contributed by atoms with van der Waals surface area (Å²) in [5.74, 6) is 1.12. The number of benzene rings is 2. The SMILES string of the molecule is O=c1c2c(c3ccccc3n1O)C[C@@]1(O)C3Cc4ccc(O)c5c4[C@@]1(CCN3CC1CC1)[C@H]2O5. The van der Waals surface area contributed by atoms with Crippen LogP contribution in [0.5, 0.6) is 11.5 Å². The summed E-state index contributed by atoms with van der Waals surface area (Å²) >= 11 is 0. The number of phenolic OH excluding ortho intramolecular Hbond substituents is 1. The van der Waals surface area contributed by atoms with Crippen LogP contribution in [0.4, 0.5) is 0 Å². The van der Waals surface area contributed by atoms with E-state index in [1.165, 1.54) is 12.8 Å². The standard InChI is InChI=1S/C27H26N2O5/c30-19-8-7-15-11-20-27(32)12-17-16-3-1-2-4-18(16)29(33)25(31)21(17)24-26(27,22(15)23(19)34-24)9-10-28(20)13-14-5-6-14/h1-4,7-8,14,20,24,30,32-33H,5-6,9-13H2/t20?,24-,26-,27+/m0/s1. The Bertz CT molecular complexity index is 1480. The van der Waals surface area contributed by atoms with Gasteiger partial charge in [0.25, 0.3) is 5.56 Å². The van der Waals surface area contributed by atoms with E-state index in [9.17, 15) is 20.2 Å². The summed E-state index contributed by atoms with van der Waals surface area (Å²) in [5.41, 5.74) is 1.05. The maximum Gasteiger partial charge on any atom is 0.290 e. The van der Waals surface area contributed by atoms with Crippen molar-refractivity contribution >= 4 is 10.9 Å². The predicted octanol–water partition coefficient (Wildman–Crippen LogP) is 2.64. The van der Waals surface area contributed by atoms with Crippen LogP contribution in [0.15, 0.2) is 41.2 Å². The molecule has 3 N–H and O–H groups in total. The number of nitrogens with zero attached hydrogens (tertiary/aromatic N) is 2. The summed E-state index contributed by atoms with van der Waals surface area (Å²) in [6, 6.07) is 10.8. The van der Waals surface area contributed by atoms with E-state index in [0.29, 0.717) is 46.7 Å². The van der Waals surface area contributed by atoms with Gasteiger partial charge in [-0.25, -0.2) is 0 Å². The second kappa shape index (κ2) is 5.96. The largest absolute Gasteiger partial charge is 0.504 e. The molecule has 1 spiro atoms. The van der Waals surface area contributed by atoms with E-state index in [2.05, 4.69) is 4.90 Å². The van der Waals surface area contributed by atoms with Gasteiger partial charge in [-0.15, -0.1) is 4.73 Å². The number of rotatable bonds is 2. The first-order chi connectivity index (χ1) is 16.4. The first kappa shape index (κ1) is 19.3. The van der Waals surface area contributed by atoms with Crippen LogP contribution in [-0.4, -0.2) is 49.8 Å². The number of aliphatic hydroxyl groups is 1. The van der Waals surface area contributed by atoms with E-state index in [-0.39, 0.29) is 11.8 Å². The van der Waals surface area contributed by atoms with Crippen molar-refractivity contribution in [3.63, 3.8) is 0 Å². The second-order valence-electron chi connectivity index (χ2n) is 11.0. The monoisotopic (exact) mass is 458 g/mol. The van der Waals surface area contributed by atoms with Crippen molar-refractivity contribution < 1.29 is 20.2 Å². The van der Waals surface area contributed by atoms with Gasteiger partial charge >= 0.3 is 0 Å². The van der Waals surface area contributed by atoms with Crippen molar-refractivity contribution in [2.75, 3.05) is 13.1 Å². The van der Waals surface area contributed by atoms with Gasteiger partial charge in [0.15, 0.2) is 11.5 Å². The Labute approximate surface area is 195 Å². The van der Waals surface area contributed by atoms with Crippen LogP contribution in [0.1, 0.15) is 47.6 Å². The summed E-state index contributed by atoms with van der Waals surface area (Å²) in [5, 5.41) is 35.1. The van der Waals surface area contributed by atoms with Crippen molar-refractivity contribution in [3.8, 4) is 11.5 Å². The quantitative estimate of drug-likeness (QED) is 0.511. The molecule has 4 atom stereocenters. The molecule has 3 aromatic rings. The van der Waals surface area contributed by atoms with E-state index in [1.807, 2.05) is 18.2 Å². The third-order valence-electron chi connectivity index (χ3n) is 9.43. The normalized spacial score (nSPS) is 32.9. The molecule has 1 saturated carbocycles. The maximum absolute atomic E-state index is 13.6. The van der Waals surface area contributed by atoms with Gasteiger partial charge in [0, 0.05) is 30.0 Å². The van der Waals surface area contributed by atoms with Gasteiger partial charge < -0.3 is 20.2 Å². The average molecular weight is 459 g/mol. The number of hydrogen-bond acceptors (Lipinski definition) is 6. The molecule has 2 bridgehead atoms. The molecule has 1 unspecified atom stereocenters. The number of ether oxygens (including phenoxy) is 1. The first-order valence-corrected chi connectivity index (χ1v) is 12.3. The number of phenols is 1. The minimum atomic E-state index is -1.15. The Kier molecular flexibility index (Phi) is 3.38. The average Bonchev–Trinajstić information content (AvgIpc) is 3.57. The Hall–Kier alpha value is -3.03. The van der Waals surface area contributed by atoms with Gasteiger partial charge in [0.1, 0.15) is 6.10 Å². The summed E-state index contributed by atoms with van der Waals surface area (Å²) in [6.07, 6.45) is 3.38. The topological polar surface area (TPSA) is 95.2 Å². The minimum absolute atomic E-state index is 0.0374. The van der Waals surface area contributed by atoms with Gasteiger partial charge in [0.2, 0.25) is 0 Å². The zero-order chi connectivity index (χ0) is 23.0. The lowest BCUT2D eigenvalue weighted by Gasteiger charge is -2.63. The van der Waals surface area contributed by atoms with Gasteiger partial charge in [-0.3, -0.25) is 9.69 Å². The molecular weight excluding hydrogens is 432 g/mol. The van der Waals surface area contributed by atoms with Crippen molar-refractivity contribution in [1.29, 1.82) is 0 Å². The molecule has 3 aliphatic carbocycles. The lowest BCUT2D eigenvalue weighted by molar-refractivity contribution is -0.173. The Balaban J connectivity index is 1.46. The molecule has 34 heavy (non-hydrogen) atoms. The van der Waals surface area contributed by atoms with Gasteiger partial charge in [-0.1, -0.05) is 24.3 Å². The number of fused-ring (bicyclic) bond motifs is 4. The van der Waals surface area contributed by atoms with Crippen molar-refractivity contribution in [2.24, 2.45) is 5.92 Å². The lowest BCUT2D eigenvalue weighted by Crippen LogP contribution is -2.75. The molecule has 7 heteroatoms. The zero-order valence-electron chi connectivity index (χ0n) is 18.7. The molecule has 3 heterocycles. The fraction of sp³-hybridized carbons (Fsp3) is 0.444. The van der Waals surface area contributed by atoms with Gasteiger partial charge in [-0.2, -0.15) is 0 Å². The fourth-order valence-electron chi connectivity index (χ4n) is 7.81. The molecule has 1 saturated heterocycles. The summed E-state index contributed by atoms with van der Waals surface area (Å²) in [7, 11) is 0. The van der Waals surface area contributed by atoms with Gasteiger partial charge in [0.05, 0.1) is 22.1 Å². The molecule has 7 nitrogen and oxygen atoms in total. The van der Waals surface area contributed by atoms with Crippen molar-refractivity contribution in [2.45, 2.75) is 55.3 Å². The minimum Gasteiger partial charge on any atom is -0.504 e. The highest BCUT2D eigenvalue weighted by molar-refractivity contribution is 5.85. The molecular formula is C27H26N2O5. The van der Waals surface area contributed by atoms with Crippen LogP contribution >= 0.6 is 0 Å². The van der Waals surface area contributed by atoms with Crippen LogP contribution in [0.25, 0.3) is 10.9 Å². The highest BCUT2D eigenvalue weighted by atomic mass is 16.5. The van der Waals surface area contributed by atoms with E-state index in [1.54, 1.807) is 18.2 Å². The Morgan fingerprint density at radius 1 is 1.15 bits per heavy atom. The molecule has 2 aromatic carbocycles. The molecule has 2 aliphatic heterocycles. The first-order valence-electron chi connectivity index (χ1n) is 12.3.